The number of nitrogens with zero attached hydrogens (tertiary/aromatic N) is 2. The van der Waals surface area contributed by atoms with Crippen molar-refractivity contribution in [2.75, 3.05) is 0 Å². The normalized spacial score (nSPS) is 11.3. The zero-order chi connectivity index (χ0) is 11.5. The van der Waals surface area contributed by atoms with E-state index >= 15 is 0 Å². The number of benzene rings is 1. The highest BCUT2D eigenvalue weighted by molar-refractivity contribution is 7.19. The molecule has 2 heterocycles. The van der Waals surface area contributed by atoms with Crippen molar-refractivity contribution in [2.45, 2.75) is 0 Å². The molecule has 3 aromatic rings. The van der Waals surface area contributed by atoms with Crippen molar-refractivity contribution in [3.05, 3.63) is 59.4 Å². The summed E-state index contributed by atoms with van der Waals surface area (Å²) in [5.74, 6) is 0. The van der Waals surface area contributed by atoms with Crippen LogP contribution in [-0.4, -0.2) is 9.97 Å². The van der Waals surface area contributed by atoms with Crippen LogP contribution in [0.1, 0.15) is 10.7 Å². The molecule has 0 aliphatic heterocycles. The summed E-state index contributed by atoms with van der Waals surface area (Å²) in [5, 5.41) is 1.01. The molecule has 0 aliphatic rings. The lowest BCUT2D eigenvalue weighted by Crippen LogP contribution is -1.76. The fraction of sp³-hybridized carbons (Fsp3) is 0. The number of hydrogen-bond donors (Lipinski definition) is 0. The third-order valence-corrected chi connectivity index (χ3v) is 3.40. The molecule has 0 fully saturated rings. The first-order chi connectivity index (χ1) is 8.42. The second-order valence-electron chi connectivity index (χ2n) is 3.61. The van der Waals surface area contributed by atoms with Crippen LogP contribution in [-0.2, 0) is 0 Å². The molecule has 0 unspecified atom stereocenters. The zero-order valence-corrected chi connectivity index (χ0v) is 9.89. The molecule has 2 aromatic heterocycles. The van der Waals surface area contributed by atoms with E-state index in [0.29, 0.717) is 0 Å². The van der Waals surface area contributed by atoms with E-state index < -0.39 is 0 Å². The van der Waals surface area contributed by atoms with Crippen molar-refractivity contribution in [1.29, 1.82) is 0 Å². The summed E-state index contributed by atoms with van der Waals surface area (Å²) in [6.45, 7) is 0. The standard InChI is InChI=1S/C14H10N2S/c1-2-7-13-12(6-1)16-14(17-13)9-8-11-5-3-4-10-15-11/h1-10H/b9-8+. The summed E-state index contributed by atoms with van der Waals surface area (Å²) in [7, 11) is 0. The van der Waals surface area contributed by atoms with Crippen molar-refractivity contribution in [3.8, 4) is 0 Å². The van der Waals surface area contributed by atoms with Gasteiger partial charge >= 0.3 is 0 Å². The molecule has 17 heavy (non-hydrogen) atoms. The minimum atomic E-state index is 0.951. The van der Waals surface area contributed by atoms with Gasteiger partial charge in [0.05, 0.1) is 15.9 Å². The van der Waals surface area contributed by atoms with Crippen LogP contribution >= 0.6 is 11.3 Å². The van der Waals surface area contributed by atoms with Crippen LogP contribution in [0.5, 0.6) is 0 Å². The van der Waals surface area contributed by atoms with Crippen LogP contribution < -0.4 is 0 Å². The van der Waals surface area contributed by atoms with E-state index in [0.717, 1.165) is 16.2 Å². The largest absolute Gasteiger partial charge is 0.257 e. The Morgan fingerprint density at radius 2 is 1.82 bits per heavy atom. The smallest absolute Gasteiger partial charge is 0.117 e. The molecular formula is C14H10N2S. The van der Waals surface area contributed by atoms with E-state index in [4.69, 9.17) is 0 Å². The van der Waals surface area contributed by atoms with Crippen molar-refractivity contribution in [2.24, 2.45) is 0 Å². The number of aromatic nitrogens is 2. The summed E-state index contributed by atoms with van der Waals surface area (Å²) in [4.78, 5) is 8.77. The fourth-order valence-corrected chi connectivity index (χ4v) is 2.46. The van der Waals surface area contributed by atoms with Crippen molar-refractivity contribution >= 4 is 33.7 Å². The third-order valence-electron chi connectivity index (χ3n) is 2.39. The highest BCUT2D eigenvalue weighted by Gasteiger charge is 1.98. The Labute approximate surface area is 103 Å². The predicted molar refractivity (Wildman–Crippen MR) is 72.8 cm³/mol. The minimum absolute atomic E-state index is 0.951. The van der Waals surface area contributed by atoms with E-state index in [1.165, 1.54) is 4.70 Å². The van der Waals surface area contributed by atoms with Crippen molar-refractivity contribution in [1.82, 2.24) is 9.97 Å². The number of thiazole rings is 1. The van der Waals surface area contributed by atoms with Gasteiger partial charge in [-0.3, -0.25) is 4.98 Å². The van der Waals surface area contributed by atoms with Gasteiger partial charge in [0.15, 0.2) is 0 Å². The van der Waals surface area contributed by atoms with Crippen molar-refractivity contribution in [3.63, 3.8) is 0 Å². The second kappa shape index (κ2) is 4.47. The molecule has 0 bridgehead atoms. The van der Waals surface area contributed by atoms with Crippen LogP contribution in [0.3, 0.4) is 0 Å². The molecular weight excluding hydrogens is 228 g/mol. The van der Waals surface area contributed by atoms with Gasteiger partial charge in [0.2, 0.25) is 0 Å². The molecule has 0 saturated heterocycles. The second-order valence-corrected chi connectivity index (χ2v) is 4.67. The SMILES string of the molecule is C(=C\c1nc2ccccc2s1)/c1ccccn1. The first-order valence-corrected chi connectivity index (χ1v) is 6.18. The van der Waals surface area contributed by atoms with Gasteiger partial charge < -0.3 is 0 Å². The molecule has 0 amide bonds. The Bertz CT molecular complexity index is 623. The Kier molecular flexibility index (Phi) is 2.68. The number of hydrogen-bond acceptors (Lipinski definition) is 3. The average Bonchev–Trinajstić information content (AvgIpc) is 2.80. The molecule has 3 heteroatoms. The van der Waals surface area contributed by atoms with Gasteiger partial charge in [0, 0.05) is 6.20 Å². The Balaban J connectivity index is 1.92. The molecule has 3 rings (SSSR count). The molecule has 1 aromatic carbocycles. The molecule has 0 N–H and O–H groups in total. The summed E-state index contributed by atoms with van der Waals surface area (Å²) >= 11 is 1.69. The highest BCUT2D eigenvalue weighted by atomic mass is 32.1. The summed E-state index contributed by atoms with van der Waals surface area (Å²) in [5.41, 5.74) is 2.00. The lowest BCUT2D eigenvalue weighted by molar-refractivity contribution is 1.30. The predicted octanol–water partition coefficient (Wildman–Crippen LogP) is 3.86. The number of rotatable bonds is 2. The lowest BCUT2D eigenvalue weighted by atomic mass is 10.3. The molecule has 0 spiro atoms. The molecule has 0 saturated carbocycles. The van der Waals surface area contributed by atoms with Gasteiger partial charge in [-0.15, -0.1) is 11.3 Å². The average molecular weight is 238 g/mol. The van der Waals surface area contributed by atoms with E-state index in [1.807, 2.05) is 48.6 Å². The Hall–Kier alpha value is -2.00. The van der Waals surface area contributed by atoms with Crippen LogP contribution in [0, 0.1) is 0 Å². The van der Waals surface area contributed by atoms with E-state index in [9.17, 15) is 0 Å². The summed E-state index contributed by atoms with van der Waals surface area (Å²) in [6.07, 6.45) is 5.78. The number of pyridine rings is 1. The van der Waals surface area contributed by atoms with E-state index in [-0.39, 0.29) is 0 Å². The van der Waals surface area contributed by atoms with Gasteiger partial charge in [-0.2, -0.15) is 0 Å². The van der Waals surface area contributed by atoms with Crippen LogP contribution in [0.2, 0.25) is 0 Å². The van der Waals surface area contributed by atoms with Crippen LogP contribution in [0.4, 0.5) is 0 Å². The minimum Gasteiger partial charge on any atom is -0.257 e. The molecule has 82 valence electrons. The third kappa shape index (κ3) is 2.24. The topological polar surface area (TPSA) is 25.8 Å². The Morgan fingerprint density at radius 3 is 2.65 bits per heavy atom. The monoisotopic (exact) mass is 238 g/mol. The Morgan fingerprint density at radius 1 is 0.941 bits per heavy atom. The van der Waals surface area contributed by atoms with Gasteiger partial charge in [0.25, 0.3) is 0 Å². The van der Waals surface area contributed by atoms with E-state index in [1.54, 1.807) is 17.5 Å². The maximum absolute atomic E-state index is 4.53. The number of fused-ring (bicyclic) bond motifs is 1. The van der Waals surface area contributed by atoms with Gasteiger partial charge in [-0.1, -0.05) is 18.2 Å². The molecule has 2 nitrogen and oxygen atoms in total. The maximum Gasteiger partial charge on any atom is 0.117 e. The first-order valence-electron chi connectivity index (χ1n) is 5.36. The maximum atomic E-state index is 4.53. The number of para-hydroxylation sites is 1. The molecule has 0 aliphatic carbocycles. The summed E-state index contributed by atoms with van der Waals surface area (Å²) in [6, 6.07) is 14.0. The van der Waals surface area contributed by atoms with Crippen molar-refractivity contribution < 1.29 is 0 Å². The van der Waals surface area contributed by atoms with Crippen LogP contribution in [0.25, 0.3) is 22.4 Å². The highest BCUT2D eigenvalue weighted by Crippen LogP contribution is 2.22. The lowest BCUT2D eigenvalue weighted by Gasteiger charge is -1.88. The zero-order valence-electron chi connectivity index (χ0n) is 9.08. The molecule has 0 radical (unpaired) electrons. The van der Waals surface area contributed by atoms with Gasteiger partial charge in [0.1, 0.15) is 5.01 Å². The van der Waals surface area contributed by atoms with Gasteiger partial charge in [-0.25, -0.2) is 4.98 Å². The van der Waals surface area contributed by atoms with Gasteiger partial charge in [-0.05, 0) is 36.4 Å². The first kappa shape index (κ1) is 10.2. The van der Waals surface area contributed by atoms with Crippen LogP contribution in [0.15, 0.2) is 48.7 Å². The summed E-state index contributed by atoms with van der Waals surface area (Å²) < 4.78 is 1.22. The van der Waals surface area contributed by atoms with E-state index in [2.05, 4.69) is 16.0 Å². The fourth-order valence-electron chi connectivity index (χ4n) is 1.59. The molecule has 0 atom stereocenters. The quantitative estimate of drug-likeness (QED) is 0.677.